The molecule has 0 bridgehead atoms. The average molecular weight is 295 g/mol. The Bertz CT molecular complexity index is 585. The Hall–Kier alpha value is -1.73. The van der Waals surface area contributed by atoms with Crippen molar-refractivity contribution in [2.45, 2.75) is 13.3 Å². The molecule has 0 aliphatic carbocycles. The van der Waals surface area contributed by atoms with Gasteiger partial charge < -0.3 is 14.8 Å². The maximum Gasteiger partial charge on any atom is 0.339 e. The molecular formula is C13H17N3O3S. The fourth-order valence-corrected chi connectivity index (χ4v) is 2.67. The lowest BCUT2D eigenvalue weighted by molar-refractivity contribution is 0.0529. The van der Waals surface area contributed by atoms with Crippen LogP contribution in [0.4, 0.5) is 5.82 Å². The first-order valence-corrected chi connectivity index (χ1v) is 7.28. The van der Waals surface area contributed by atoms with Crippen LogP contribution in [0.1, 0.15) is 23.7 Å². The number of hydrogen-bond acceptors (Lipinski definition) is 7. The maximum absolute atomic E-state index is 11.9. The molecule has 0 radical (unpaired) electrons. The summed E-state index contributed by atoms with van der Waals surface area (Å²) in [5.41, 5.74) is 0.515. The number of anilines is 1. The van der Waals surface area contributed by atoms with Crippen LogP contribution in [0.5, 0.6) is 0 Å². The summed E-state index contributed by atoms with van der Waals surface area (Å²) in [6.07, 6.45) is 2.35. The molecule has 0 unspecified atom stereocenters. The number of ether oxygens (including phenoxy) is 2. The van der Waals surface area contributed by atoms with Crippen LogP contribution in [-0.2, 0) is 9.47 Å². The highest BCUT2D eigenvalue weighted by atomic mass is 32.1. The molecule has 108 valence electrons. The first-order valence-electron chi connectivity index (χ1n) is 6.40. The molecule has 0 saturated carbocycles. The molecule has 2 rings (SSSR count). The molecule has 0 spiro atoms. The van der Waals surface area contributed by atoms with Gasteiger partial charge in [-0.1, -0.05) is 0 Å². The average Bonchev–Trinajstić information content (AvgIpc) is 2.88. The van der Waals surface area contributed by atoms with Gasteiger partial charge in [0.1, 0.15) is 17.0 Å². The number of methoxy groups -OCH3 is 1. The molecular weight excluding hydrogens is 278 g/mol. The zero-order chi connectivity index (χ0) is 14.4. The molecule has 0 aliphatic rings. The third-order valence-electron chi connectivity index (χ3n) is 2.68. The van der Waals surface area contributed by atoms with Gasteiger partial charge in [0.2, 0.25) is 0 Å². The van der Waals surface area contributed by atoms with E-state index in [1.165, 1.54) is 17.7 Å². The number of thiophene rings is 1. The van der Waals surface area contributed by atoms with E-state index < -0.39 is 0 Å². The van der Waals surface area contributed by atoms with Gasteiger partial charge in [-0.05, 0) is 13.3 Å². The summed E-state index contributed by atoms with van der Waals surface area (Å²) in [6.45, 7) is 3.53. The van der Waals surface area contributed by atoms with Crippen molar-refractivity contribution in [1.82, 2.24) is 9.97 Å². The van der Waals surface area contributed by atoms with E-state index in [9.17, 15) is 4.79 Å². The van der Waals surface area contributed by atoms with Gasteiger partial charge in [-0.25, -0.2) is 14.8 Å². The van der Waals surface area contributed by atoms with Gasteiger partial charge in [-0.15, -0.1) is 11.3 Å². The topological polar surface area (TPSA) is 73.3 Å². The van der Waals surface area contributed by atoms with Crippen molar-refractivity contribution in [2.75, 3.05) is 32.2 Å². The van der Waals surface area contributed by atoms with Crippen molar-refractivity contribution in [1.29, 1.82) is 0 Å². The van der Waals surface area contributed by atoms with Crippen molar-refractivity contribution in [2.24, 2.45) is 0 Å². The van der Waals surface area contributed by atoms with E-state index in [4.69, 9.17) is 9.47 Å². The smallest absolute Gasteiger partial charge is 0.339 e. The van der Waals surface area contributed by atoms with Crippen molar-refractivity contribution >= 4 is 33.3 Å². The first kappa shape index (κ1) is 14.7. The zero-order valence-corrected chi connectivity index (χ0v) is 12.3. The highest BCUT2D eigenvalue weighted by molar-refractivity contribution is 7.17. The molecule has 2 heterocycles. The van der Waals surface area contributed by atoms with Gasteiger partial charge in [0.25, 0.3) is 0 Å². The fourth-order valence-electron chi connectivity index (χ4n) is 1.79. The second-order valence-corrected chi connectivity index (χ2v) is 4.90. The van der Waals surface area contributed by atoms with Gasteiger partial charge >= 0.3 is 5.97 Å². The molecule has 0 atom stereocenters. The minimum Gasteiger partial charge on any atom is -0.462 e. The normalized spacial score (nSPS) is 10.7. The number of carbonyl (C=O) groups is 1. The Balaban J connectivity index is 2.24. The molecule has 20 heavy (non-hydrogen) atoms. The third kappa shape index (κ3) is 3.23. The van der Waals surface area contributed by atoms with Crippen LogP contribution in [0, 0.1) is 0 Å². The molecule has 7 heteroatoms. The maximum atomic E-state index is 11.9. The summed E-state index contributed by atoms with van der Waals surface area (Å²) in [7, 11) is 1.67. The Morgan fingerprint density at radius 3 is 3.05 bits per heavy atom. The zero-order valence-electron chi connectivity index (χ0n) is 11.5. The second-order valence-electron chi connectivity index (χ2n) is 4.05. The number of fused-ring (bicyclic) bond motifs is 1. The first-order chi connectivity index (χ1) is 9.77. The lowest BCUT2D eigenvalue weighted by atomic mass is 10.2. The summed E-state index contributed by atoms with van der Waals surface area (Å²) in [5.74, 6) is 0.323. The summed E-state index contributed by atoms with van der Waals surface area (Å²) in [4.78, 5) is 21.1. The van der Waals surface area contributed by atoms with Gasteiger partial charge in [0, 0.05) is 25.6 Å². The number of aromatic nitrogens is 2. The van der Waals surface area contributed by atoms with Crippen molar-refractivity contribution in [3.05, 3.63) is 17.3 Å². The van der Waals surface area contributed by atoms with Crippen molar-refractivity contribution in [3.8, 4) is 0 Å². The predicted octanol–water partition coefficient (Wildman–Crippen LogP) is 2.32. The molecule has 0 saturated heterocycles. The molecule has 0 aliphatic heterocycles. The predicted molar refractivity (Wildman–Crippen MR) is 78.4 cm³/mol. The number of nitrogens with one attached hydrogen (secondary N) is 1. The van der Waals surface area contributed by atoms with Crippen LogP contribution in [-0.4, -0.2) is 42.8 Å². The molecule has 2 aromatic rings. The summed E-state index contributed by atoms with van der Waals surface area (Å²) >= 11 is 1.41. The van der Waals surface area contributed by atoms with Crippen LogP contribution in [0.15, 0.2) is 11.7 Å². The molecule has 0 fully saturated rings. The molecule has 0 aromatic carbocycles. The van der Waals surface area contributed by atoms with Gasteiger partial charge in [0.05, 0.1) is 17.6 Å². The Morgan fingerprint density at radius 2 is 2.30 bits per heavy atom. The lowest BCUT2D eigenvalue weighted by Gasteiger charge is -2.07. The number of carbonyl (C=O) groups excluding carboxylic acids is 1. The summed E-state index contributed by atoms with van der Waals surface area (Å²) in [5, 5.41) is 5.71. The van der Waals surface area contributed by atoms with Crippen LogP contribution < -0.4 is 5.32 Å². The summed E-state index contributed by atoms with van der Waals surface area (Å²) < 4.78 is 10.1. The van der Waals surface area contributed by atoms with E-state index in [1.807, 2.05) is 0 Å². The number of esters is 1. The van der Waals surface area contributed by atoms with E-state index >= 15 is 0 Å². The van der Waals surface area contributed by atoms with Crippen LogP contribution in [0.2, 0.25) is 0 Å². The fraction of sp³-hybridized carbons (Fsp3) is 0.462. The van der Waals surface area contributed by atoms with Crippen LogP contribution in [0.3, 0.4) is 0 Å². The van der Waals surface area contributed by atoms with Crippen molar-refractivity contribution < 1.29 is 14.3 Å². The van der Waals surface area contributed by atoms with E-state index in [0.29, 0.717) is 24.6 Å². The number of hydrogen-bond donors (Lipinski definition) is 1. The highest BCUT2D eigenvalue weighted by Gasteiger charge is 2.17. The standard InChI is InChI=1S/C13H17N3O3S/c1-3-19-13(17)9-7-20-12-10(9)11(15-8-16-12)14-5-4-6-18-2/h7-8H,3-6H2,1-2H3,(H,14,15,16). The van der Waals surface area contributed by atoms with Crippen LogP contribution in [0.25, 0.3) is 10.2 Å². The number of nitrogens with zero attached hydrogens (tertiary/aromatic N) is 2. The van der Waals surface area contributed by atoms with E-state index in [0.717, 1.165) is 23.2 Å². The third-order valence-corrected chi connectivity index (χ3v) is 3.57. The second kappa shape index (κ2) is 7.16. The molecule has 0 amide bonds. The molecule has 1 N–H and O–H groups in total. The monoisotopic (exact) mass is 295 g/mol. The Kier molecular flexibility index (Phi) is 5.25. The molecule has 2 aromatic heterocycles. The van der Waals surface area contributed by atoms with E-state index in [1.54, 1.807) is 19.4 Å². The van der Waals surface area contributed by atoms with E-state index in [2.05, 4.69) is 15.3 Å². The SMILES string of the molecule is CCOC(=O)c1csc2ncnc(NCCCOC)c12. The number of rotatable bonds is 7. The lowest BCUT2D eigenvalue weighted by Crippen LogP contribution is -2.09. The minimum absolute atomic E-state index is 0.339. The Labute approximate surface area is 121 Å². The highest BCUT2D eigenvalue weighted by Crippen LogP contribution is 2.29. The van der Waals surface area contributed by atoms with Crippen LogP contribution >= 0.6 is 11.3 Å². The summed E-state index contributed by atoms with van der Waals surface area (Å²) in [6, 6.07) is 0. The van der Waals surface area contributed by atoms with Gasteiger partial charge in [0.15, 0.2) is 0 Å². The largest absolute Gasteiger partial charge is 0.462 e. The minimum atomic E-state index is -0.339. The molecule has 6 nitrogen and oxygen atoms in total. The van der Waals surface area contributed by atoms with Gasteiger partial charge in [-0.2, -0.15) is 0 Å². The quantitative estimate of drug-likeness (QED) is 0.624. The van der Waals surface area contributed by atoms with E-state index in [-0.39, 0.29) is 5.97 Å². The van der Waals surface area contributed by atoms with Gasteiger partial charge in [-0.3, -0.25) is 0 Å². The Morgan fingerprint density at radius 1 is 1.45 bits per heavy atom. The van der Waals surface area contributed by atoms with Crippen molar-refractivity contribution in [3.63, 3.8) is 0 Å².